The van der Waals surface area contributed by atoms with E-state index in [1.54, 1.807) is 6.92 Å². The van der Waals surface area contributed by atoms with Crippen molar-refractivity contribution in [1.29, 1.82) is 0 Å². The second-order valence-electron chi connectivity index (χ2n) is 5.68. The summed E-state index contributed by atoms with van der Waals surface area (Å²) in [6, 6.07) is 7.45. The minimum Gasteiger partial charge on any atom is -0.494 e. The molecule has 0 aromatic heterocycles. The number of unbranched alkanes of at least 4 members (excludes halogenated alkanes) is 1. The van der Waals surface area contributed by atoms with E-state index in [0.29, 0.717) is 24.0 Å². The number of benzene rings is 1. The van der Waals surface area contributed by atoms with Gasteiger partial charge in [-0.2, -0.15) is 0 Å². The van der Waals surface area contributed by atoms with E-state index >= 15 is 0 Å². The number of nitrogens with one attached hydrogen (secondary N) is 1. The number of carbonyl (C=O) groups excluding carboxylic acids is 1. The lowest BCUT2D eigenvalue weighted by Gasteiger charge is -2.31. The molecule has 5 nitrogen and oxygen atoms in total. The average Bonchev–Trinajstić information content (AvgIpc) is 2.55. The highest BCUT2D eigenvalue weighted by atomic mass is 32.1. The molecule has 0 radical (unpaired) electrons. The normalized spacial score (nSPS) is 20.1. The van der Waals surface area contributed by atoms with Crippen LogP contribution in [0.1, 0.15) is 45.2 Å². The standard InChI is InChI=1S/C18H24N2O3S/c1-4-6-11-23-14-9-7-13(8-10-14)16-15(17(21)22-5-2)12(3)19-18(24)20-16/h7-10,15-16H,4-6,11H2,1-3H3,(H,20,24). The summed E-state index contributed by atoms with van der Waals surface area (Å²) in [5.74, 6) is 0.0502. The number of rotatable bonds is 7. The molecule has 1 aromatic rings. The molecule has 2 atom stereocenters. The third kappa shape index (κ3) is 4.54. The van der Waals surface area contributed by atoms with E-state index in [9.17, 15) is 4.79 Å². The van der Waals surface area contributed by atoms with E-state index in [-0.39, 0.29) is 12.0 Å². The van der Waals surface area contributed by atoms with Crippen molar-refractivity contribution in [3.05, 3.63) is 29.8 Å². The SMILES string of the molecule is CCCCOc1ccc(C2NC(=S)N=C(C)C2C(=O)OCC)cc1. The van der Waals surface area contributed by atoms with Crippen LogP contribution in [0.5, 0.6) is 5.75 Å². The van der Waals surface area contributed by atoms with Crippen molar-refractivity contribution in [3.8, 4) is 5.75 Å². The summed E-state index contributed by atoms with van der Waals surface area (Å²) in [5, 5.41) is 3.52. The van der Waals surface area contributed by atoms with Crippen LogP contribution in [0.15, 0.2) is 29.3 Å². The van der Waals surface area contributed by atoms with Gasteiger partial charge in [-0.1, -0.05) is 25.5 Å². The highest BCUT2D eigenvalue weighted by Crippen LogP contribution is 2.29. The van der Waals surface area contributed by atoms with E-state index < -0.39 is 5.92 Å². The van der Waals surface area contributed by atoms with Gasteiger partial charge in [0, 0.05) is 5.71 Å². The molecule has 1 aliphatic rings. The Morgan fingerprint density at radius 1 is 1.29 bits per heavy atom. The molecule has 2 unspecified atom stereocenters. The van der Waals surface area contributed by atoms with Gasteiger partial charge in [-0.05, 0) is 50.2 Å². The summed E-state index contributed by atoms with van der Waals surface area (Å²) in [6.45, 7) is 6.78. The summed E-state index contributed by atoms with van der Waals surface area (Å²) in [7, 11) is 0. The molecule has 0 amide bonds. The third-order valence-electron chi connectivity index (χ3n) is 3.89. The fourth-order valence-electron chi connectivity index (χ4n) is 2.64. The van der Waals surface area contributed by atoms with Crippen LogP contribution >= 0.6 is 12.2 Å². The van der Waals surface area contributed by atoms with Crippen LogP contribution in [0.25, 0.3) is 0 Å². The molecule has 1 aromatic carbocycles. The lowest BCUT2D eigenvalue weighted by Crippen LogP contribution is -2.44. The van der Waals surface area contributed by atoms with Crippen molar-refractivity contribution in [2.75, 3.05) is 13.2 Å². The predicted molar refractivity (Wildman–Crippen MR) is 98.6 cm³/mol. The van der Waals surface area contributed by atoms with E-state index in [1.165, 1.54) is 0 Å². The molecular weight excluding hydrogens is 324 g/mol. The fraction of sp³-hybridized carbons (Fsp3) is 0.500. The number of ether oxygens (including phenoxy) is 2. The van der Waals surface area contributed by atoms with Gasteiger partial charge >= 0.3 is 5.97 Å². The Morgan fingerprint density at radius 3 is 2.62 bits per heavy atom. The van der Waals surface area contributed by atoms with Gasteiger partial charge in [-0.25, -0.2) is 4.99 Å². The molecule has 0 saturated carbocycles. The molecule has 130 valence electrons. The monoisotopic (exact) mass is 348 g/mol. The number of esters is 1. The first-order valence-corrected chi connectivity index (χ1v) is 8.72. The molecule has 1 aliphatic heterocycles. The Morgan fingerprint density at radius 2 is 2.00 bits per heavy atom. The van der Waals surface area contributed by atoms with Crippen LogP contribution in [-0.2, 0) is 9.53 Å². The topological polar surface area (TPSA) is 59.9 Å². The van der Waals surface area contributed by atoms with E-state index in [4.69, 9.17) is 21.7 Å². The Labute approximate surface area is 148 Å². The van der Waals surface area contributed by atoms with Crippen LogP contribution < -0.4 is 10.1 Å². The maximum atomic E-state index is 12.3. The number of hydrogen-bond donors (Lipinski definition) is 1. The second-order valence-corrected chi connectivity index (χ2v) is 6.07. The van der Waals surface area contributed by atoms with Gasteiger partial charge in [0.15, 0.2) is 5.11 Å². The number of aliphatic imine (C=N–C) groups is 1. The average molecular weight is 348 g/mol. The first kappa shape index (κ1) is 18.4. The molecule has 0 fully saturated rings. The first-order valence-electron chi connectivity index (χ1n) is 8.31. The Hall–Kier alpha value is -1.95. The van der Waals surface area contributed by atoms with Gasteiger partial charge in [0.1, 0.15) is 11.7 Å². The molecule has 2 rings (SSSR count). The van der Waals surface area contributed by atoms with Gasteiger partial charge in [0.25, 0.3) is 0 Å². The van der Waals surface area contributed by atoms with Gasteiger partial charge in [-0.15, -0.1) is 0 Å². The molecule has 1 heterocycles. The maximum absolute atomic E-state index is 12.3. The van der Waals surface area contributed by atoms with Gasteiger partial charge in [-0.3, -0.25) is 4.79 Å². The molecule has 0 bridgehead atoms. The van der Waals surface area contributed by atoms with Crippen LogP contribution in [0.3, 0.4) is 0 Å². The minimum absolute atomic E-state index is 0.279. The summed E-state index contributed by atoms with van der Waals surface area (Å²) >= 11 is 5.18. The number of hydrogen-bond acceptors (Lipinski definition) is 4. The Balaban J connectivity index is 2.19. The van der Waals surface area contributed by atoms with E-state index in [1.807, 2.05) is 31.2 Å². The lowest BCUT2D eigenvalue weighted by atomic mass is 9.88. The largest absolute Gasteiger partial charge is 0.494 e. The number of nitrogens with zero attached hydrogens (tertiary/aromatic N) is 1. The number of carbonyl (C=O) groups is 1. The van der Waals surface area contributed by atoms with Gasteiger partial charge < -0.3 is 14.8 Å². The van der Waals surface area contributed by atoms with Crippen LogP contribution in [-0.4, -0.2) is 30.0 Å². The van der Waals surface area contributed by atoms with Crippen LogP contribution in [0.4, 0.5) is 0 Å². The fourth-order valence-corrected chi connectivity index (χ4v) is 2.91. The smallest absolute Gasteiger partial charge is 0.317 e. The molecule has 24 heavy (non-hydrogen) atoms. The zero-order chi connectivity index (χ0) is 17.5. The van der Waals surface area contributed by atoms with E-state index in [0.717, 1.165) is 24.2 Å². The molecule has 0 aliphatic carbocycles. The molecule has 1 N–H and O–H groups in total. The van der Waals surface area contributed by atoms with Crippen molar-refractivity contribution >= 4 is 29.0 Å². The van der Waals surface area contributed by atoms with Crippen LogP contribution in [0.2, 0.25) is 0 Å². The van der Waals surface area contributed by atoms with Gasteiger partial charge in [0.2, 0.25) is 0 Å². The molecule has 0 saturated heterocycles. The van der Waals surface area contributed by atoms with Crippen molar-refractivity contribution in [1.82, 2.24) is 5.32 Å². The van der Waals surface area contributed by atoms with Crippen molar-refractivity contribution in [2.24, 2.45) is 10.9 Å². The summed E-state index contributed by atoms with van der Waals surface area (Å²) < 4.78 is 10.9. The summed E-state index contributed by atoms with van der Waals surface area (Å²) in [4.78, 5) is 16.6. The van der Waals surface area contributed by atoms with E-state index in [2.05, 4.69) is 17.2 Å². The van der Waals surface area contributed by atoms with Crippen molar-refractivity contribution in [3.63, 3.8) is 0 Å². The second kappa shape index (κ2) is 8.78. The first-order chi connectivity index (χ1) is 11.6. The molecule has 0 spiro atoms. The summed E-state index contributed by atoms with van der Waals surface area (Å²) in [5.41, 5.74) is 1.62. The third-order valence-corrected chi connectivity index (χ3v) is 4.10. The zero-order valence-corrected chi connectivity index (χ0v) is 15.2. The Kier molecular flexibility index (Phi) is 6.73. The number of thiocarbonyl (C=S) groups is 1. The Bertz CT molecular complexity index is 613. The maximum Gasteiger partial charge on any atom is 0.317 e. The minimum atomic E-state index is -0.483. The molecule has 6 heteroatoms. The quantitative estimate of drug-likeness (QED) is 0.465. The predicted octanol–water partition coefficient (Wildman–Crippen LogP) is 3.43. The highest BCUT2D eigenvalue weighted by molar-refractivity contribution is 7.80. The van der Waals surface area contributed by atoms with Crippen molar-refractivity contribution in [2.45, 2.75) is 39.7 Å². The lowest BCUT2D eigenvalue weighted by molar-refractivity contribution is -0.146. The van der Waals surface area contributed by atoms with Gasteiger partial charge in [0.05, 0.1) is 19.3 Å². The zero-order valence-electron chi connectivity index (χ0n) is 14.4. The molecular formula is C18H24N2O3S. The highest BCUT2D eigenvalue weighted by Gasteiger charge is 2.36. The van der Waals surface area contributed by atoms with Crippen LogP contribution in [0, 0.1) is 5.92 Å². The van der Waals surface area contributed by atoms with Crippen molar-refractivity contribution < 1.29 is 14.3 Å². The summed E-state index contributed by atoms with van der Waals surface area (Å²) in [6.07, 6.45) is 2.13.